The van der Waals surface area contributed by atoms with E-state index in [1.165, 1.54) is 0 Å². The number of hydrogen-bond acceptors (Lipinski definition) is 2. The molecule has 0 aromatic heterocycles. The molecule has 0 saturated heterocycles. The van der Waals surface area contributed by atoms with E-state index in [1.54, 1.807) is 6.07 Å². The quantitative estimate of drug-likeness (QED) is 0.602. The highest BCUT2D eigenvalue weighted by molar-refractivity contribution is 9.10. The summed E-state index contributed by atoms with van der Waals surface area (Å²) in [6, 6.07) is 3.69. The topological polar surface area (TPSA) is 26.3 Å². The standard InChI is InChI=1S/C12H15BrO2/c1-3-4-5-15-12-6-9(2)10(8-14)7-11(12)13/h6-8H,3-5H2,1-2H3. The van der Waals surface area contributed by atoms with E-state index in [4.69, 9.17) is 4.74 Å². The molecule has 0 radical (unpaired) electrons. The largest absolute Gasteiger partial charge is 0.492 e. The molecule has 0 heterocycles. The third kappa shape index (κ3) is 3.34. The number of benzene rings is 1. The van der Waals surface area contributed by atoms with Crippen molar-refractivity contribution in [2.45, 2.75) is 26.7 Å². The summed E-state index contributed by atoms with van der Waals surface area (Å²) in [7, 11) is 0. The van der Waals surface area contributed by atoms with Crippen LogP contribution in [0.4, 0.5) is 0 Å². The predicted molar refractivity (Wildman–Crippen MR) is 64.7 cm³/mol. The van der Waals surface area contributed by atoms with E-state index in [2.05, 4.69) is 22.9 Å². The molecule has 3 heteroatoms. The van der Waals surface area contributed by atoms with Crippen molar-refractivity contribution >= 4 is 22.2 Å². The van der Waals surface area contributed by atoms with E-state index >= 15 is 0 Å². The van der Waals surface area contributed by atoms with Gasteiger partial charge in [-0.1, -0.05) is 13.3 Å². The number of aryl methyl sites for hydroxylation is 1. The van der Waals surface area contributed by atoms with Crippen LogP contribution in [0.2, 0.25) is 0 Å². The lowest BCUT2D eigenvalue weighted by Gasteiger charge is -2.09. The average molecular weight is 271 g/mol. The van der Waals surface area contributed by atoms with E-state index in [-0.39, 0.29) is 0 Å². The van der Waals surface area contributed by atoms with E-state index in [0.717, 1.165) is 41.5 Å². The van der Waals surface area contributed by atoms with Gasteiger partial charge in [-0.25, -0.2) is 0 Å². The average Bonchev–Trinajstić information content (AvgIpc) is 2.23. The Hall–Kier alpha value is -0.830. The van der Waals surface area contributed by atoms with Gasteiger partial charge in [0, 0.05) is 5.56 Å². The Morgan fingerprint density at radius 2 is 2.20 bits per heavy atom. The van der Waals surface area contributed by atoms with E-state index in [0.29, 0.717) is 5.56 Å². The monoisotopic (exact) mass is 270 g/mol. The normalized spacial score (nSPS) is 10.1. The van der Waals surface area contributed by atoms with Gasteiger partial charge in [-0.2, -0.15) is 0 Å². The summed E-state index contributed by atoms with van der Waals surface area (Å²) >= 11 is 3.39. The zero-order chi connectivity index (χ0) is 11.3. The first-order valence-corrected chi connectivity index (χ1v) is 5.86. The van der Waals surface area contributed by atoms with Gasteiger partial charge in [0.05, 0.1) is 11.1 Å². The molecule has 0 aliphatic carbocycles. The summed E-state index contributed by atoms with van der Waals surface area (Å²) in [5.41, 5.74) is 1.64. The molecule has 1 aromatic carbocycles. The van der Waals surface area contributed by atoms with Crippen LogP contribution in [0, 0.1) is 6.92 Å². The highest BCUT2D eigenvalue weighted by Crippen LogP contribution is 2.28. The second-order valence-electron chi connectivity index (χ2n) is 3.46. The lowest BCUT2D eigenvalue weighted by Crippen LogP contribution is -1.98. The molecule has 0 unspecified atom stereocenters. The van der Waals surface area contributed by atoms with Crippen LogP contribution >= 0.6 is 15.9 Å². The Morgan fingerprint density at radius 1 is 1.47 bits per heavy atom. The lowest BCUT2D eigenvalue weighted by atomic mass is 10.1. The zero-order valence-corrected chi connectivity index (χ0v) is 10.6. The van der Waals surface area contributed by atoms with Crippen molar-refractivity contribution in [2.75, 3.05) is 6.61 Å². The number of carbonyl (C=O) groups is 1. The first-order chi connectivity index (χ1) is 7.19. The molecular formula is C12H15BrO2. The van der Waals surface area contributed by atoms with Crippen molar-refractivity contribution in [3.63, 3.8) is 0 Å². The van der Waals surface area contributed by atoms with Crippen LogP contribution in [-0.2, 0) is 0 Å². The van der Waals surface area contributed by atoms with Gasteiger partial charge in [0.25, 0.3) is 0 Å². The Morgan fingerprint density at radius 3 is 2.80 bits per heavy atom. The van der Waals surface area contributed by atoms with Gasteiger partial charge >= 0.3 is 0 Å². The molecule has 0 saturated carbocycles. The molecule has 0 fully saturated rings. The van der Waals surface area contributed by atoms with E-state index < -0.39 is 0 Å². The SMILES string of the molecule is CCCCOc1cc(C)c(C=O)cc1Br. The highest BCUT2D eigenvalue weighted by atomic mass is 79.9. The van der Waals surface area contributed by atoms with Crippen LogP contribution in [0.5, 0.6) is 5.75 Å². The Kier molecular flexibility index (Phi) is 4.82. The summed E-state index contributed by atoms with van der Waals surface area (Å²) in [5, 5.41) is 0. The maximum absolute atomic E-state index is 10.7. The molecular weight excluding hydrogens is 256 g/mol. The molecule has 82 valence electrons. The third-order valence-corrected chi connectivity index (χ3v) is 2.82. The van der Waals surface area contributed by atoms with Crippen molar-refractivity contribution in [2.24, 2.45) is 0 Å². The lowest BCUT2D eigenvalue weighted by molar-refractivity contribution is 0.112. The smallest absolute Gasteiger partial charge is 0.150 e. The summed E-state index contributed by atoms with van der Waals surface area (Å²) in [4.78, 5) is 10.7. The van der Waals surface area contributed by atoms with Crippen LogP contribution in [0.15, 0.2) is 16.6 Å². The number of aldehydes is 1. The maximum Gasteiger partial charge on any atom is 0.150 e. The fraction of sp³-hybridized carbons (Fsp3) is 0.417. The molecule has 0 N–H and O–H groups in total. The molecule has 0 bridgehead atoms. The fourth-order valence-corrected chi connectivity index (χ4v) is 1.71. The van der Waals surface area contributed by atoms with Gasteiger partial charge in [0.2, 0.25) is 0 Å². The minimum Gasteiger partial charge on any atom is -0.492 e. The number of hydrogen-bond donors (Lipinski definition) is 0. The Labute approximate surface area is 98.8 Å². The summed E-state index contributed by atoms with van der Waals surface area (Å²) in [6.07, 6.45) is 3.01. The van der Waals surface area contributed by atoms with Crippen LogP contribution in [0.3, 0.4) is 0 Å². The van der Waals surface area contributed by atoms with E-state index in [9.17, 15) is 4.79 Å². The van der Waals surface area contributed by atoms with Crippen LogP contribution in [0.1, 0.15) is 35.7 Å². The van der Waals surface area contributed by atoms with Crippen LogP contribution in [0.25, 0.3) is 0 Å². The van der Waals surface area contributed by atoms with Crippen molar-refractivity contribution in [3.8, 4) is 5.75 Å². The van der Waals surface area contributed by atoms with Gasteiger partial charge in [-0.3, -0.25) is 4.79 Å². The molecule has 0 spiro atoms. The Bertz CT molecular complexity index is 348. The number of rotatable bonds is 5. The molecule has 0 aliphatic heterocycles. The van der Waals surface area contributed by atoms with Crippen molar-refractivity contribution in [1.82, 2.24) is 0 Å². The molecule has 0 amide bonds. The zero-order valence-electron chi connectivity index (χ0n) is 9.05. The molecule has 15 heavy (non-hydrogen) atoms. The first-order valence-electron chi connectivity index (χ1n) is 5.07. The minimum absolute atomic E-state index is 0.699. The molecule has 2 nitrogen and oxygen atoms in total. The van der Waals surface area contributed by atoms with Crippen molar-refractivity contribution in [1.29, 1.82) is 0 Å². The van der Waals surface area contributed by atoms with Crippen molar-refractivity contribution in [3.05, 3.63) is 27.7 Å². The number of unbranched alkanes of at least 4 members (excludes halogenated alkanes) is 1. The number of ether oxygens (including phenoxy) is 1. The van der Waals surface area contributed by atoms with Gasteiger partial charge in [0.15, 0.2) is 0 Å². The van der Waals surface area contributed by atoms with E-state index in [1.807, 2.05) is 13.0 Å². The summed E-state index contributed by atoms with van der Waals surface area (Å²) in [6.45, 7) is 4.75. The van der Waals surface area contributed by atoms with Gasteiger partial charge in [-0.05, 0) is 47.0 Å². The minimum atomic E-state index is 0.699. The van der Waals surface area contributed by atoms with Crippen molar-refractivity contribution < 1.29 is 9.53 Å². The summed E-state index contributed by atoms with van der Waals surface area (Å²) in [5.74, 6) is 0.812. The van der Waals surface area contributed by atoms with Crippen LogP contribution < -0.4 is 4.74 Å². The molecule has 1 aromatic rings. The Balaban J connectivity index is 2.80. The molecule has 0 atom stereocenters. The fourth-order valence-electron chi connectivity index (χ4n) is 1.23. The predicted octanol–water partition coefficient (Wildman–Crippen LogP) is 3.75. The molecule has 0 aliphatic rings. The molecule has 1 rings (SSSR count). The second kappa shape index (κ2) is 5.91. The number of carbonyl (C=O) groups excluding carboxylic acids is 1. The van der Waals surface area contributed by atoms with Gasteiger partial charge in [-0.15, -0.1) is 0 Å². The number of halogens is 1. The summed E-state index contributed by atoms with van der Waals surface area (Å²) < 4.78 is 6.43. The highest BCUT2D eigenvalue weighted by Gasteiger charge is 2.05. The van der Waals surface area contributed by atoms with Crippen LogP contribution in [-0.4, -0.2) is 12.9 Å². The third-order valence-electron chi connectivity index (χ3n) is 2.20. The van der Waals surface area contributed by atoms with Gasteiger partial charge in [0.1, 0.15) is 12.0 Å². The van der Waals surface area contributed by atoms with Gasteiger partial charge < -0.3 is 4.74 Å². The second-order valence-corrected chi connectivity index (χ2v) is 4.31. The first kappa shape index (κ1) is 12.2. The maximum atomic E-state index is 10.7.